The van der Waals surface area contributed by atoms with Gasteiger partial charge >= 0.3 is 0 Å². The fraction of sp³-hybridized carbons (Fsp3) is 0.100. The van der Waals surface area contributed by atoms with Gasteiger partial charge < -0.3 is 21.3 Å². The van der Waals surface area contributed by atoms with Crippen LogP contribution in [0, 0.1) is 0 Å². The van der Waals surface area contributed by atoms with Gasteiger partial charge in [0.25, 0.3) is 0 Å². The van der Waals surface area contributed by atoms with Crippen LogP contribution >= 0.6 is 0 Å². The number of carbonyl (C=O) groups is 4. The molecule has 0 unspecified atom stereocenters. The Bertz CT molecular complexity index is 2010. The zero-order chi connectivity index (χ0) is 38.5. The standard InChI is InChI=1S/C40H36N10O4/c1-25(51)45-33-13-29(17-41-21-33)5-9-37-38(10-6-30-14-34(22-42-18-30)46-26(2)52)50-40(12-8-32-16-36(24-44-20-32)48-28(4)54)39(49-37)11-7-31-15-35(23-43-19-31)47-27(3)53/h5-24H,1-4H3,(H,45,51)(H,46,52)(H,47,53)(H,48,54)/b9-5+,10-6+,11-7+,12-8+. The number of amides is 4. The van der Waals surface area contributed by atoms with Crippen LogP contribution in [0.2, 0.25) is 0 Å². The molecule has 14 nitrogen and oxygen atoms in total. The minimum absolute atomic E-state index is 0.219. The zero-order valence-corrected chi connectivity index (χ0v) is 29.9. The van der Waals surface area contributed by atoms with E-state index in [-0.39, 0.29) is 23.6 Å². The molecule has 5 rings (SSSR count). The molecule has 0 aromatic carbocycles. The van der Waals surface area contributed by atoms with Gasteiger partial charge in [-0.15, -0.1) is 0 Å². The highest BCUT2D eigenvalue weighted by molar-refractivity contribution is 5.91. The number of rotatable bonds is 12. The highest BCUT2D eigenvalue weighted by Crippen LogP contribution is 2.22. The van der Waals surface area contributed by atoms with Crippen molar-refractivity contribution in [3.05, 3.63) is 119 Å². The van der Waals surface area contributed by atoms with Crippen LogP contribution in [0.3, 0.4) is 0 Å². The average Bonchev–Trinajstić information content (AvgIpc) is 3.11. The molecule has 0 bridgehead atoms. The van der Waals surface area contributed by atoms with Gasteiger partial charge in [0.15, 0.2) is 0 Å². The maximum atomic E-state index is 11.7. The number of nitrogens with one attached hydrogen (secondary N) is 4. The topological polar surface area (TPSA) is 194 Å². The maximum absolute atomic E-state index is 11.7. The van der Waals surface area contributed by atoms with Gasteiger partial charge in [0.05, 0.1) is 70.3 Å². The van der Waals surface area contributed by atoms with Crippen LogP contribution in [-0.2, 0) is 19.2 Å². The molecule has 0 fully saturated rings. The number of aromatic nitrogens is 6. The first kappa shape index (κ1) is 37.8. The van der Waals surface area contributed by atoms with E-state index in [4.69, 9.17) is 9.97 Å². The quantitative estimate of drug-likeness (QED) is 0.109. The van der Waals surface area contributed by atoms with E-state index in [1.807, 2.05) is 24.3 Å². The van der Waals surface area contributed by atoms with E-state index < -0.39 is 0 Å². The minimum atomic E-state index is -0.219. The maximum Gasteiger partial charge on any atom is 0.221 e. The molecule has 0 atom stereocenters. The summed E-state index contributed by atoms with van der Waals surface area (Å²) in [6.45, 7) is 5.69. The van der Waals surface area contributed by atoms with Crippen molar-refractivity contribution in [2.75, 3.05) is 21.3 Å². The SMILES string of the molecule is CC(=O)Nc1cncc(/C=C/c2nc(/C=C/c3cncc(NC(C)=O)c3)c(/C=C/c3cncc(NC(C)=O)c3)nc2/C=C/c2cncc(NC(C)=O)c2)c1. The predicted molar refractivity (Wildman–Crippen MR) is 212 cm³/mol. The lowest BCUT2D eigenvalue weighted by atomic mass is 10.1. The Labute approximate surface area is 311 Å². The first-order valence-corrected chi connectivity index (χ1v) is 16.5. The van der Waals surface area contributed by atoms with E-state index in [9.17, 15) is 19.2 Å². The van der Waals surface area contributed by atoms with E-state index in [1.54, 1.807) is 98.1 Å². The highest BCUT2D eigenvalue weighted by atomic mass is 16.2. The summed E-state index contributed by atoms with van der Waals surface area (Å²) < 4.78 is 0. The Morgan fingerprint density at radius 1 is 0.370 bits per heavy atom. The Balaban J connectivity index is 1.63. The largest absolute Gasteiger partial charge is 0.325 e. The summed E-state index contributed by atoms with van der Waals surface area (Å²) in [7, 11) is 0. The number of pyridine rings is 4. The Kier molecular flexibility index (Phi) is 12.7. The van der Waals surface area contributed by atoms with Gasteiger partial charge in [-0.05, 0) is 70.8 Å². The lowest BCUT2D eigenvalue weighted by molar-refractivity contribution is -0.115. The van der Waals surface area contributed by atoms with Gasteiger partial charge in [0, 0.05) is 52.5 Å². The molecule has 0 saturated heterocycles. The zero-order valence-electron chi connectivity index (χ0n) is 29.9. The smallest absolute Gasteiger partial charge is 0.221 e. The summed E-state index contributed by atoms with van der Waals surface area (Å²) in [6, 6.07) is 7.12. The summed E-state index contributed by atoms with van der Waals surface area (Å²) in [6.07, 6.45) is 27.2. The van der Waals surface area contributed by atoms with Crippen molar-refractivity contribution in [3.63, 3.8) is 0 Å². The minimum Gasteiger partial charge on any atom is -0.325 e. The van der Waals surface area contributed by atoms with Crippen LogP contribution in [-0.4, -0.2) is 53.5 Å². The van der Waals surface area contributed by atoms with E-state index in [2.05, 4.69) is 41.2 Å². The van der Waals surface area contributed by atoms with Crippen LogP contribution in [0.5, 0.6) is 0 Å². The number of carbonyl (C=O) groups excluding carboxylic acids is 4. The van der Waals surface area contributed by atoms with Crippen molar-refractivity contribution in [3.8, 4) is 0 Å². The molecule has 0 spiro atoms. The van der Waals surface area contributed by atoms with Crippen LogP contribution < -0.4 is 21.3 Å². The second kappa shape index (κ2) is 18.1. The number of hydrogen-bond acceptors (Lipinski definition) is 10. The van der Waals surface area contributed by atoms with Crippen molar-refractivity contribution < 1.29 is 19.2 Å². The second-order valence-electron chi connectivity index (χ2n) is 11.9. The van der Waals surface area contributed by atoms with E-state index in [1.165, 1.54) is 27.7 Å². The van der Waals surface area contributed by atoms with Crippen LogP contribution in [0.4, 0.5) is 22.7 Å². The van der Waals surface area contributed by atoms with Gasteiger partial charge in [0.1, 0.15) is 0 Å². The first-order valence-electron chi connectivity index (χ1n) is 16.5. The molecule has 270 valence electrons. The monoisotopic (exact) mass is 720 g/mol. The number of anilines is 4. The van der Waals surface area contributed by atoms with Gasteiger partial charge in [-0.3, -0.25) is 39.1 Å². The third-order valence-corrected chi connectivity index (χ3v) is 7.06. The van der Waals surface area contributed by atoms with Gasteiger partial charge in [-0.1, -0.05) is 24.3 Å². The van der Waals surface area contributed by atoms with Gasteiger partial charge in [-0.25, -0.2) is 9.97 Å². The summed E-state index contributed by atoms with van der Waals surface area (Å²) >= 11 is 0. The number of nitrogens with zero attached hydrogens (tertiary/aromatic N) is 6. The summed E-state index contributed by atoms with van der Waals surface area (Å²) in [5.74, 6) is -0.875. The van der Waals surface area contributed by atoms with Gasteiger partial charge in [-0.2, -0.15) is 0 Å². The molecule has 14 heteroatoms. The average molecular weight is 721 g/mol. The van der Waals surface area contributed by atoms with E-state index in [0.717, 1.165) is 0 Å². The molecule has 5 heterocycles. The molecule has 0 radical (unpaired) electrons. The highest BCUT2D eigenvalue weighted by Gasteiger charge is 2.10. The van der Waals surface area contributed by atoms with Crippen LogP contribution in [0.15, 0.2) is 73.8 Å². The Hall–Kier alpha value is -7.48. The molecular formula is C40H36N10O4. The van der Waals surface area contributed by atoms with Crippen molar-refractivity contribution >= 4 is 95.0 Å². The lowest BCUT2D eigenvalue weighted by Crippen LogP contribution is -2.06. The Morgan fingerprint density at radius 2 is 0.593 bits per heavy atom. The molecular weight excluding hydrogens is 685 g/mol. The molecule has 54 heavy (non-hydrogen) atoms. The fourth-order valence-corrected chi connectivity index (χ4v) is 4.96. The summed E-state index contributed by atoms with van der Waals surface area (Å²) in [5.41, 5.74) is 6.98. The van der Waals surface area contributed by atoms with Crippen LogP contribution in [0.1, 0.15) is 72.7 Å². The Morgan fingerprint density at radius 3 is 0.796 bits per heavy atom. The van der Waals surface area contributed by atoms with Gasteiger partial charge in [0.2, 0.25) is 23.6 Å². The molecule has 0 aliphatic rings. The summed E-state index contributed by atoms with van der Waals surface area (Å²) in [4.78, 5) is 73.6. The molecule has 0 aliphatic heterocycles. The van der Waals surface area contributed by atoms with Crippen molar-refractivity contribution in [1.82, 2.24) is 29.9 Å². The van der Waals surface area contributed by atoms with Crippen LogP contribution in [0.25, 0.3) is 48.6 Å². The van der Waals surface area contributed by atoms with E-state index in [0.29, 0.717) is 67.8 Å². The molecule has 0 saturated carbocycles. The van der Waals surface area contributed by atoms with Crippen molar-refractivity contribution in [2.24, 2.45) is 0 Å². The van der Waals surface area contributed by atoms with Crippen molar-refractivity contribution in [2.45, 2.75) is 27.7 Å². The molecule has 5 aromatic heterocycles. The fourth-order valence-electron chi connectivity index (χ4n) is 4.96. The molecule has 5 aromatic rings. The number of hydrogen-bond donors (Lipinski definition) is 4. The first-order chi connectivity index (χ1) is 26.0. The van der Waals surface area contributed by atoms with Crippen molar-refractivity contribution in [1.29, 1.82) is 0 Å². The normalized spacial score (nSPS) is 11.3. The molecule has 4 amide bonds. The molecule has 4 N–H and O–H groups in total. The third kappa shape index (κ3) is 11.8. The predicted octanol–water partition coefficient (Wildman–Crippen LogP) is 6.57. The van der Waals surface area contributed by atoms with E-state index >= 15 is 0 Å². The second-order valence-corrected chi connectivity index (χ2v) is 11.9. The molecule has 0 aliphatic carbocycles. The lowest BCUT2D eigenvalue weighted by Gasteiger charge is -2.08. The summed E-state index contributed by atoms with van der Waals surface area (Å²) in [5, 5.41) is 10.9. The third-order valence-electron chi connectivity index (χ3n) is 7.06.